The molecule has 5 heteroatoms. The lowest BCUT2D eigenvalue weighted by molar-refractivity contribution is -0.120. The number of hydrogen-bond donors (Lipinski definition) is 1. The van der Waals surface area contributed by atoms with Gasteiger partial charge in [0.15, 0.2) is 6.61 Å². The molecule has 0 radical (unpaired) electrons. The lowest BCUT2D eigenvalue weighted by Crippen LogP contribution is -2.37. The van der Waals surface area contributed by atoms with Crippen molar-refractivity contribution in [2.75, 3.05) is 37.0 Å². The Balaban J connectivity index is 2.34. The molecule has 1 atom stereocenters. The van der Waals surface area contributed by atoms with Crippen LogP contribution in [0.4, 0.5) is 11.4 Å². The average Bonchev–Trinajstić information content (AvgIpc) is 2.41. The minimum absolute atomic E-state index is 0.0332. The number of hydrogen-bond acceptors (Lipinski definition) is 4. The van der Waals surface area contributed by atoms with Gasteiger partial charge in [0.1, 0.15) is 5.75 Å². The van der Waals surface area contributed by atoms with E-state index >= 15 is 0 Å². The van der Waals surface area contributed by atoms with Crippen LogP contribution in [0.15, 0.2) is 18.2 Å². The summed E-state index contributed by atoms with van der Waals surface area (Å²) in [5.74, 6) is 0.712. The molecule has 18 heavy (non-hydrogen) atoms. The zero-order valence-electron chi connectivity index (χ0n) is 11.0. The summed E-state index contributed by atoms with van der Waals surface area (Å²) in [6, 6.07) is 6.08. The van der Waals surface area contributed by atoms with Gasteiger partial charge in [-0.3, -0.25) is 4.79 Å². The van der Waals surface area contributed by atoms with Gasteiger partial charge in [-0.2, -0.15) is 0 Å². The summed E-state index contributed by atoms with van der Waals surface area (Å²) < 4.78 is 5.39. The molecule has 0 fully saturated rings. The Morgan fingerprint density at radius 3 is 2.94 bits per heavy atom. The van der Waals surface area contributed by atoms with Crippen LogP contribution in [-0.2, 0) is 4.79 Å². The molecule has 1 aliphatic rings. The summed E-state index contributed by atoms with van der Waals surface area (Å²) in [5.41, 5.74) is 7.50. The van der Waals surface area contributed by atoms with Crippen molar-refractivity contribution in [1.29, 1.82) is 0 Å². The number of fused-ring (bicyclic) bond motifs is 1. The first-order valence-electron chi connectivity index (χ1n) is 6.01. The Morgan fingerprint density at radius 2 is 2.28 bits per heavy atom. The average molecular weight is 249 g/mol. The van der Waals surface area contributed by atoms with Crippen molar-refractivity contribution in [3.05, 3.63) is 18.2 Å². The molecule has 2 rings (SSSR count). The molecule has 1 heterocycles. The van der Waals surface area contributed by atoms with Gasteiger partial charge >= 0.3 is 0 Å². The topological polar surface area (TPSA) is 58.8 Å². The first kappa shape index (κ1) is 12.7. The minimum atomic E-state index is -0.0332. The summed E-state index contributed by atoms with van der Waals surface area (Å²) in [6.07, 6.45) is 0. The molecule has 1 aromatic carbocycles. The van der Waals surface area contributed by atoms with Crippen LogP contribution in [0.2, 0.25) is 0 Å². The van der Waals surface area contributed by atoms with Crippen LogP contribution in [0.3, 0.4) is 0 Å². The molecule has 0 spiro atoms. The highest BCUT2D eigenvalue weighted by Gasteiger charge is 2.23. The van der Waals surface area contributed by atoms with Gasteiger partial charge in [0.25, 0.3) is 5.91 Å². The molecule has 0 aromatic heterocycles. The van der Waals surface area contributed by atoms with Crippen LogP contribution >= 0.6 is 0 Å². The van der Waals surface area contributed by atoms with E-state index in [1.165, 1.54) is 0 Å². The Kier molecular flexibility index (Phi) is 3.43. The van der Waals surface area contributed by atoms with Crippen LogP contribution in [0.25, 0.3) is 0 Å². The van der Waals surface area contributed by atoms with E-state index in [2.05, 4.69) is 11.8 Å². The van der Waals surface area contributed by atoms with Crippen LogP contribution in [0.1, 0.15) is 6.92 Å². The third-order valence-electron chi connectivity index (χ3n) is 3.44. The van der Waals surface area contributed by atoms with Crippen LogP contribution in [0, 0.1) is 0 Å². The molecule has 0 saturated carbocycles. The number of nitrogens with two attached hydrogens (primary N) is 1. The molecule has 0 saturated heterocycles. The van der Waals surface area contributed by atoms with Gasteiger partial charge in [0, 0.05) is 32.4 Å². The van der Waals surface area contributed by atoms with E-state index in [4.69, 9.17) is 10.5 Å². The van der Waals surface area contributed by atoms with Gasteiger partial charge in [0.2, 0.25) is 0 Å². The zero-order valence-corrected chi connectivity index (χ0v) is 11.0. The number of anilines is 2. The highest BCUT2D eigenvalue weighted by Crippen LogP contribution is 2.34. The Morgan fingerprint density at radius 1 is 1.56 bits per heavy atom. The Hall–Kier alpha value is -1.75. The predicted octanol–water partition coefficient (Wildman–Crippen LogP) is 0.825. The molecular formula is C13H19N3O2. The second-order valence-corrected chi connectivity index (χ2v) is 4.59. The summed E-state index contributed by atoms with van der Waals surface area (Å²) in [5, 5.41) is 0. The van der Waals surface area contributed by atoms with Crippen molar-refractivity contribution in [2.24, 2.45) is 5.73 Å². The highest BCUT2D eigenvalue weighted by atomic mass is 16.5. The normalized spacial score (nSPS) is 16.0. The monoisotopic (exact) mass is 249 g/mol. The standard InChI is InChI=1S/C13H19N3O2/c1-9(7-14)15(2)10-4-5-12-11(6-10)16(3)13(17)8-18-12/h4-6,9H,7-8,14H2,1-3H3. The molecule has 5 nitrogen and oxygen atoms in total. The number of ether oxygens (including phenoxy) is 1. The summed E-state index contributed by atoms with van der Waals surface area (Å²) in [4.78, 5) is 15.3. The number of likely N-dealkylation sites (N-methyl/N-ethyl adjacent to an activating group) is 2. The fourth-order valence-corrected chi connectivity index (χ4v) is 1.89. The van der Waals surface area contributed by atoms with Crippen LogP contribution < -0.4 is 20.3 Å². The van der Waals surface area contributed by atoms with Crippen molar-refractivity contribution in [1.82, 2.24) is 0 Å². The molecule has 0 aliphatic carbocycles. The van der Waals surface area contributed by atoms with Gasteiger partial charge in [-0.05, 0) is 25.1 Å². The molecule has 1 amide bonds. The Labute approximate surface area is 107 Å². The zero-order chi connectivity index (χ0) is 13.3. The summed E-state index contributed by atoms with van der Waals surface area (Å²) in [7, 11) is 3.75. The number of amides is 1. The molecule has 1 aromatic rings. The van der Waals surface area contributed by atoms with Crippen molar-refractivity contribution in [3.63, 3.8) is 0 Å². The number of carbonyl (C=O) groups is 1. The number of rotatable bonds is 3. The van der Waals surface area contributed by atoms with E-state index in [-0.39, 0.29) is 18.6 Å². The van der Waals surface area contributed by atoms with Gasteiger partial charge in [-0.25, -0.2) is 0 Å². The molecule has 2 N–H and O–H groups in total. The van der Waals surface area contributed by atoms with Gasteiger partial charge < -0.3 is 20.3 Å². The fraction of sp³-hybridized carbons (Fsp3) is 0.462. The van der Waals surface area contributed by atoms with E-state index in [1.807, 2.05) is 25.2 Å². The fourth-order valence-electron chi connectivity index (χ4n) is 1.89. The Bertz CT molecular complexity index is 462. The van der Waals surface area contributed by atoms with Crippen LogP contribution in [-0.4, -0.2) is 39.2 Å². The maximum Gasteiger partial charge on any atom is 0.264 e. The third-order valence-corrected chi connectivity index (χ3v) is 3.44. The molecule has 1 aliphatic heterocycles. The molecule has 0 bridgehead atoms. The van der Waals surface area contributed by atoms with Crippen molar-refractivity contribution >= 4 is 17.3 Å². The SMILES string of the molecule is CC(CN)N(C)c1ccc2c(c1)N(C)C(=O)CO2. The first-order chi connectivity index (χ1) is 8.54. The van der Waals surface area contributed by atoms with Crippen LogP contribution in [0.5, 0.6) is 5.75 Å². The van der Waals surface area contributed by atoms with Crippen molar-refractivity contribution in [2.45, 2.75) is 13.0 Å². The second-order valence-electron chi connectivity index (χ2n) is 4.59. The predicted molar refractivity (Wildman–Crippen MR) is 72.3 cm³/mol. The second kappa shape index (κ2) is 4.86. The minimum Gasteiger partial charge on any atom is -0.482 e. The maximum atomic E-state index is 11.6. The highest BCUT2D eigenvalue weighted by molar-refractivity contribution is 5.97. The molecule has 98 valence electrons. The third kappa shape index (κ3) is 2.13. The number of carbonyl (C=O) groups excluding carboxylic acids is 1. The van der Waals surface area contributed by atoms with E-state index in [1.54, 1.807) is 11.9 Å². The number of benzene rings is 1. The van der Waals surface area contributed by atoms with Crippen molar-refractivity contribution < 1.29 is 9.53 Å². The van der Waals surface area contributed by atoms with E-state index in [0.29, 0.717) is 6.54 Å². The molecular weight excluding hydrogens is 230 g/mol. The lowest BCUT2D eigenvalue weighted by atomic mass is 10.2. The lowest BCUT2D eigenvalue weighted by Gasteiger charge is -2.30. The smallest absolute Gasteiger partial charge is 0.264 e. The van der Waals surface area contributed by atoms with Gasteiger partial charge in [-0.15, -0.1) is 0 Å². The largest absolute Gasteiger partial charge is 0.482 e. The quantitative estimate of drug-likeness (QED) is 0.862. The number of nitrogens with zero attached hydrogens (tertiary/aromatic N) is 2. The van der Waals surface area contributed by atoms with E-state index in [9.17, 15) is 4.79 Å². The van der Waals surface area contributed by atoms with Crippen molar-refractivity contribution in [3.8, 4) is 5.75 Å². The molecule has 1 unspecified atom stereocenters. The first-order valence-corrected chi connectivity index (χ1v) is 6.01. The van der Waals surface area contributed by atoms with Gasteiger partial charge in [-0.1, -0.05) is 0 Å². The van der Waals surface area contributed by atoms with Gasteiger partial charge in [0.05, 0.1) is 5.69 Å². The maximum absolute atomic E-state index is 11.6. The summed E-state index contributed by atoms with van der Waals surface area (Å²) in [6.45, 7) is 2.75. The van der Waals surface area contributed by atoms with E-state index in [0.717, 1.165) is 17.1 Å². The van der Waals surface area contributed by atoms with E-state index < -0.39 is 0 Å². The summed E-state index contributed by atoms with van der Waals surface area (Å²) >= 11 is 0.